The van der Waals surface area contributed by atoms with Gasteiger partial charge in [0.2, 0.25) is 0 Å². The summed E-state index contributed by atoms with van der Waals surface area (Å²) >= 11 is 11.5. The van der Waals surface area contributed by atoms with E-state index in [0.29, 0.717) is 5.39 Å². The molecule has 0 spiro atoms. The van der Waals surface area contributed by atoms with E-state index in [4.69, 9.17) is 23.2 Å². The van der Waals surface area contributed by atoms with Crippen molar-refractivity contribution in [3.05, 3.63) is 40.0 Å². The highest BCUT2D eigenvalue weighted by Crippen LogP contribution is 2.32. The van der Waals surface area contributed by atoms with E-state index in [9.17, 15) is 13.2 Å². The molecule has 2 aromatic rings. The molecule has 1 aromatic heterocycles. The highest BCUT2D eigenvalue weighted by molar-refractivity contribution is 6.38. The van der Waals surface area contributed by atoms with Crippen molar-refractivity contribution in [2.75, 3.05) is 0 Å². The van der Waals surface area contributed by atoms with Gasteiger partial charge >= 0.3 is 6.18 Å². The van der Waals surface area contributed by atoms with Crippen LogP contribution in [0.25, 0.3) is 10.9 Å². The SMILES string of the molecule is FC(F)(F)c1ccc2c(Cl)cc(Cl)cc2n1. The molecule has 0 amide bonds. The van der Waals surface area contributed by atoms with Gasteiger partial charge in [0.15, 0.2) is 0 Å². The molecule has 0 radical (unpaired) electrons. The molecule has 0 bridgehead atoms. The predicted molar refractivity (Wildman–Crippen MR) is 56.8 cm³/mol. The minimum atomic E-state index is -4.47. The maximum Gasteiger partial charge on any atom is 0.433 e. The van der Waals surface area contributed by atoms with Gasteiger partial charge in [-0.1, -0.05) is 23.2 Å². The van der Waals surface area contributed by atoms with Gasteiger partial charge in [-0.15, -0.1) is 0 Å². The summed E-state index contributed by atoms with van der Waals surface area (Å²) in [4.78, 5) is 3.47. The maximum atomic E-state index is 12.4. The number of hydrogen-bond donors (Lipinski definition) is 0. The molecule has 0 atom stereocenters. The monoisotopic (exact) mass is 265 g/mol. The first-order chi connectivity index (χ1) is 7.38. The van der Waals surface area contributed by atoms with E-state index in [-0.39, 0.29) is 15.6 Å². The van der Waals surface area contributed by atoms with E-state index in [1.54, 1.807) is 0 Å². The summed E-state index contributed by atoms with van der Waals surface area (Å²) in [5.74, 6) is 0. The highest BCUT2D eigenvalue weighted by atomic mass is 35.5. The zero-order chi connectivity index (χ0) is 11.9. The van der Waals surface area contributed by atoms with Gasteiger partial charge in [-0.05, 0) is 24.3 Å². The standard InChI is InChI=1S/C10H4Cl2F3N/c11-5-3-7(12)6-1-2-9(10(13,14)15)16-8(6)4-5/h1-4H. The van der Waals surface area contributed by atoms with E-state index >= 15 is 0 Å². The zero-order valence-corrected chi connectivity index (χ0v) is 9.16. The third kappa shape index (κ3) is 2.08. The fraction of sp³-hybridized carbons (Fsp3) is 0.100. The van der Waals surface area contributed by atoms with Gasteiger partial charge in [0.1, 0.15) is 5.69 Å². The smallest absolute Gasteiger partial charge is 0.243 e. The molecule has 0 aliphatic heterocycles. The van der Waals surface area contributed by atoms with Crippen LogP contribution in [0.2, 0.25) is 10.0 Å². The topological polar surface area (TPSA) is 12.9 Å². The number of fused-ring (bicyclic) bond motifs is 1. The lowest BCUT2D eigenvalue weighted by Crippen LogP contribution is -2.07. The summed E-state index contributed by atoms with van der Waals surface area (Å²) in [6.45, 7) is 0. The number of rotatable bonds is 0. The first-order valence-corrected chi connectivity index (χ1v) is 4.96. The van der Waals surface area contributed by atoms with Gasteiger partial charge in [0.25, 0.3) is 0 Å². The van der Waals surface area contributed by atoms with Crippen LogP contribution in [0.15, 0.2) is 24.3 Å². The summed E-state index contributed by atoms with van der Waals surface area (Å²) in [6, 6.07) is 4.98. The second-order valence-electron chi connectivity index (χ2n) is 3.15. The van der Waals surface area contributed by atoms with Gasteiger partial charge in [0.05, 0.1) is 10.5 Å². The van der Waals surface area contributed by atoms with Crippen molar-refractivity contribution in [1.29, 1.82) is 0 Å². The molecule has 0 N–H and O–H groups in total. The van der Waals surface area contributed by atoms with Crippen LogP contribution in [-0.4, -0.2) is 4.98 Å². The average molecular weight is 266 g/mol. The summed E-state index contributed by atoms with van der Waals surface area (Å²) in [5, 5.41) is 0.979. The molecule has 0 saturated heterocycles. The van der Waals surface area contributed by atoms with Crippen molar-refractivity contribution in [1.82, 2.24) is 4.98 Å². The number of nitrogens with zero attached hydrogens (tertiary/aromatic N) is 1. The molecule has 1 nitrogen and oxygen atoms in total. The lowest BCUT2D eigenvalue weighted by atomic mass is 10.2. The van der Waals surface area contributed by atoms with E-state index in [2.05, 4.69) is 4.98 Å². The summed E-state index contributed by atoms with van der Waals surface area (Å²) < 4.78 is 37.2. The molecular weight excluding hydrogens is 262 g/mol. The van der Waals surface area contributed by atoms with Crippen LogP contribution in [0, 0.1) is 0 Å². The van der Waals surface area contributed by atoms with Crippen LogP contribution in [-0.2, 0) is 6.18 Å². The minimum absolute atomic E-state index is 0.132. The van der Waals surface area contributed by atoms with Crippen LogP contribution < -0.4 is 0 Å². The molecule has 84 valence electrons. The van der Waals surface area contributed by atoms with Crippen LogP contribution in [0.3, 0.4) is 0 Å². The highest BCUT2D eigenvalue weighted by Gasteiger charge is 2.32. The zero-order valence-electron chi connectivity index (χ0n) is 7.65. The lowest BCUT2D eigenvalue weighted by Gasteiger charge is -2.07. The Morgan fingerprint density at radius 2 is 1.75 bits per heavy atom. The van der Waals surface area contributed by atoms with Gasteiger partial charge in [-0.2, -0.15) is 13.2 Å². The average Bonchev–Trinajstić information content (AvgIpc) is 2.15. The van der Waals surface area contributed by atoms with Crippen LogP contribution in [0.5, 0.6) is 0 Å². The number of pyridine rings is 1. The van der Waals surface area contributed by atoms with Gasteiger partial charge in [-0.25, -0.2) is 4.98 Å². The van der Waals surface area contributed by atoms with Crippen LogP contribution >= 0.6 is 23.2 Å². The van der Waals surface area contributed by atoms with Gasteiger partial charge in [-0.3, -0.25) is 0 Å². The predicted octanol–water partition coefficient (Wildman–Crippen LogP) is 4.56. The Hall–Kier alpha value is -1.00. The molecular formula is C10H4Cl2F3N. The first-order valence-electron chi connectivity index (χ1n) is 4.21. The Kier molecular flexibility index (Phi) is 2.72. The van der Waals surface area contributed by atoms with Crippen molar-refractivity contribution in [2.24, 2.45) is 0 Å². The molecule has 1 heterocycles. The number of halogens is 5. The quantitative estimate of drug-likeness (QED) is 0.681. The van der Waals surface area contributed by atoms with Gasteiger partial charge < -0.3 is 0 Å². The van der Waals surface area contributed by atoms with E-state index in [0.717, 1.165) is 6.07 Å². The van der Waals surface area contributed by atoms with Crippen molar-refractivity contribution in [2.45, 2.75) is 6.18 Å². The normalized spacial score (nSPS) is 12.1. The number of benzene rings is 1. The third-order valence-corrected chi connectivity index (χ3v) is 2.54. The van der Waals surface area contributed by atoms with E-state index in [1.165, 1.54) is 18.2 Å². The lowest BCUT2D eigenvalue weighted by molar-refractivity contribution is -0.140. The molecule has 0 saturated carbocycles. The van der Waals surface area contributed by atoms with Crippen LogP contribution in [0.4, 0.5) is 13.2 Å². The fourth-order valence-electron chi connectivity index (χ4n) is 1.32. The Bertz CT molecular complexity index is 551. The molecule has 0 fully saturated rings. The van der Waals surface area contributed by atoms with Gasteiger partial charge in [0, 0.05) is 10.4 Å². The van der Waals surface area contributed by atoms with E-state index in [1.807, 2.05) is 0 Å². The summed E-state index contributed by atoms with van der Waals surface area (Å²) in [7, 11) is 0. The number of aromatic nitrogens is 1. The Morgan fingerprint density at radius 3 is 2.38 bits per heavy atom. The molecule has 0 aliphatic rings. The second-order valence-corrected chi connectivity index (χ2v) is 3.99. The Balaban J connectivity index is 2.71. The maximum absolute atomic E-state index is 12.4. The molecule has 0 unspecified atom stereocenters. The van der Waals surface area contributed by atoms with Crippen LogP contribution in [0.1, 0.15) is 5.69 Å². The second kappa shape index (κ2) is 3.79. The third-order valence-electron chi connectivity index (χ3n) is 2.01. The van der Waals surface area contributed by atoms with Crippen molar-refractivity contribution < 1.29 is 13.2 Å². The van der Waals surface area contributed by atoms with Crippen molar-refractivity contribution >= 4 is 34.1 Å². The fourth-order valence-corrected chi connectivity index (χ4v) is 1.86. The molecule has 16 heavy (non-hydrogen) atoms. The Labute approximate surface area is 98.8 Å². The number of hydrogen-bond acceptors (Lipinski definition) is 1. The molecule has 0 aliphatic carbocycles. The number of alkyl halides is 3. The summed E-state index contributed by atoms with van der Waals surface area (Å²) in [6.07, 6.45) is -4.47. The largest absolute Gasteiger partial charge is 0.433 e. The molecule has 1 aromatic carbocycles. The first kappa shape index (κ1) is 11.5. The summed E-state index contributed by atoms with van der Waals surface area (Å²) in [5.41, 5.74) is -0.828. The molecule has 6 heteroatoms. The minimum Gasteiger partial charge on any atom is -0.243 e. The molecule has 2 rings (SSSR count). The van der Waals surface area contributed by atoms with Crippen molar-refractivity contribution in [3.8, 4) is 0 Å². The van der Waals surface area contributed by atoms with E-state index < -0.39 is 11.9 Å². The Morgan fingerprint density at radius 1 is 1.06 bits per heavy atom. The van der Waals surface area contributed by atoms with Crippen molar-refractivity contribution in [3.63, 3.8) is 0 Å².